The molecule has 0 aliphatic heterocycles. The minimum Gasteiger partial charge on any atom is -0.480 e. The predicted octanol–water partition coefficient (Wildman–Crippen LogP) is -3.83. The molecule has 3 atom stereocenters. The second-order valence-electron chi connectivity index (χ2n) is 6.74. The fourth-order valence-corrected chi connectivity index (χ4v) is 2.86. The summed E-state index contributed by atoms with van der Waals surface area (Å²) >= 11 is 1.43. The van der Waals surface area contributed by atoms with Crippen LogP contribution in [0.3, 0.4) is 0 Å². The number of amides is 4. The molecule has 0 aliphatic carbocycles. The number of thioether (sulfide) groups is 1. The minimum atomic E-state index is -1.22. The van der Waals surface area contributed by atoms with Crippen molar-refractivity contribution in [2.45, 2.75) is 43.8 Å². The molecule has 0 heterocycles. The van der Waals surface area contributed by atoms with E-state index in [2.05, 4.69) is 20.9 Å². The molecule has 0 rings (SSSR count). The molecule has 0 saturated carbocycles. The Kier molecular flexibility index (Phi) is 14.2. The highest BCUT2D eigenvalue weighted by molar-refractivity contribution is 7.98. The zero-order valence-electron chi connectivity index (χ0n) is 17.8. The summed E-state index contributed by atoms with van der Waals surface area (Å²) in [7, 11) is 0. The quantitative estimate of drug-likeness (QED) is 0.0611. The maximum atomic E-state index is 12.6. The van der Waals surface area contributed by atoms with Gasteiger partial charge < -0.3 is 44.0 Å². The van der Waals surface area contributed by atoms with Gasteiger partial charge in [0.05, 0.1) is 19.0 Å². The average Bonchev–Trinajstić information content (AvgIpc) is 2.70. The van der Waals surface area contributed by atoms with Crippen molar-refractivity contribution in [1.82, 2.24) is 16.0 Å². The second-order valence-corrected chi connectivity index (χ2v) is 7.73. The van der Waals surface area contributed by atoms with Crippen molar-refractivity contribution in [3.63, 3.8) is 0 Å². The van der Waals surface area contributed by atoms with Gasteiger partial charge in [-0.2, -0.15) is 11.8 Å². The number of aliphatic carboxylic acids is 1. The summed E-state index contributed by atoms with van der Waals surface area (Å²) in [4.78, 5) is 62.6. The van der Waals surface area contributed by atoms with Crippen molar-refractivity contribution >= 4 is 47.3 Å². The number of carbonyl (C=O) groups is 5. The van der Waals surface area contributed by atoms with Gasteiger partial charge in [0.25, 0.3) is 0 Å². The molecule has 0 aromatic heterocycles. The van der Waals surface area contributed by atoms with E-state index in [0.29, 0.717) is 12.2 Å². The van der Waals surface area contributed by atoms with Gasteiger partial charge in [-0.1, -0.05) is 0 Å². The van der Waals surface area contributed by atoms with Crippen LogP contribution in [0.2, 0.25) is 0 Å². The molecule has 0 saturated heterocycles. The molecule has 0 fully saturated rings. The number of nitrogens with two attached hydrogens (primary N) is 4. The standard InChI is InChI=1S/C17H32N8O6S/c1-32-6-4-11(16(30)31)25-15(29)10(3-2-5-22-17(20)21)24-13(27)8-23-14(28)9(18)7-12(19)26/h9-11H,2-8,18H2,1H3,(H2,19,26)(H,23,28)(H,24,27)(H,25,29)(H,30,31)(H4,20,21,22). The van der Waals surface area contributed by atoms with Crippen LogP contribution in [0.5, 0.6) is 0 Å². The highest BCUT2D eigenvalue weighted by atomic mass is 32.2. The van der Waals surface area contributed by atoms with E-state index >= 15 is 0 Å². The second kappa shape index (κ2) is 15.7. The van der Waals surface area contributed by atoms with Crippen LogP contribution in [0, 0.1) is 0 Å². The van der Waals surface area contributed by atoms with Gasteiger partial charge in [0.15, 0.2) is 5.96 Å². The first-order valence-electron chi connectivity index (χ1n) is 9.66. The Hall–Kier alpha value is -3.07. The Morgan fingerprint density at radius 3 is 2.19 bits per heavy atom. The van der Waals surface area contributed by atoms with Crippen LogP contribution >= 0.6 is 11.8 Å². The Labute approximate surface area is 189 Å². The van der Waals surface area contributed by atoms with Crippen LogP contribution in [-0.4, -0.2) is 83.9 Å². The Balaban J connectivity index is 5.02. The van der Waals surface area contributed by atoms with E-state index in [9.17, 15) is 29.1 Å². The number of nitrogens with one attached hydrogen (secondary N) is 3. The molecular formula is C17H32N8O6S. The van der Waals surface area contributed by atoms with Crippen molar-refractivity contribution in [1.29, 1.82) is 0 Å². The number of carboxylic acid groups (broad SMARTS) is 1. The molecule has 14 nitrogen and oxygen atoms in total. The molecule has 0 spiro atoms. The van der Waals surface area contributed by atoms with Crippen LogP contribution < -0.4 is 38.9 Å². The molecule has 4 amide bonds. The molecule has 0 aromatic rings. The molecule has 32 heavy (non-hydrogen) atoms. The molecule has 0 aliphatic rings. The zero-order valence-corrected chi connectivity index (χ0v) is 18.7. The van der Waals surface area contributed by atoms with E-state index in [-0.39, 0.29) is 25.3 Å². The molecule has 182 valence electrons. The van der Waals surface area contributed by atoms with E-state index in [4.69, 9.17) is 22.9 Å². The summed E-state index contributed by atoms with van der Waals surface area (Å²) < 4.78 is 0. The summed E-state index contributed by atoms with van der Waals surface area (Å²) in [5.41, 5.74) is 20.9. The van der Waals surface area contributed by atoms with Crippen molar-refractivity contribution < 1.29 is 29.1 Å². The smallest absolute Gasteiger partial charge is 0.326 e. The van der Waals surface area contributed by atoms with E-state index in [1.165, 1.54) is 11.8 Å². The number of hydrogen-bond acceptors (Lipinski definition) is 8. The highest BCUT2D eigenvalue weighted by Gasteiger charge is 2.26. The number of guanidine groups is 1. The number of nitrogens with zero attached hydrogens (tertiary/aromatic N) is 1. The lowest BCUT2D eigenvalue weighted by Gasteiger charge is -2.21. The average molecular weight is 477 g/mol. The topological polar surface area (TPSA) is 258 Å². The first kappa shape index (κ1) is 28.9. The van der Waals surface area contributed by atoms with Crippen LogP contribution in [-0.2, 0) is 24.0 Å². The summed E-state index contributed by atoms with van der Waals surface area (Å²) in [6.07, 6.45) is 2.03. The Bertz CT molecular complexity index is 701. The van der Waals surface area contributed by atoms with Gasteiger partial charge in [-0.25, -0.2) is 4.79 Å². The zero-order chi connectivity index (χ0) is 24.7. The monoisotopic (exact) mass is 476 g/mol. The van der Waals surface area contributed by atoms with Crippen LogP contribution in [0.25, 0.3) is 0 Å². The van der Waals surface area contributed by atoms with Crippen molar-refractivity contribution in [3.05, 3.63) is 0 Å². The van der Waals surface area contributed by atoms with E-state index in [0.717, 1.165) is 0 Å². The fraction of sp³-hybridized carbons (Fsp3) is 0.647. The Morgan fingerprint density at radius 2 is 1.66 bits per heavy atom. The van der Waals surface area contributed by atoms with Gasteiger partial charge in [-0.05, 0) is 31.3 Å². The lowest BCUT2D eigenvalue weighted by molar-refractivity contribution is -0.142. The summed E-state index contributed by atoms with van der Waals surface area (Å²) in [5.74, 6) is -3.78. The number of rotatable bonds is 16. The third-order valence-electron chi connectivity index (χ3n) is 4.00. The normalized spacial score (nSPS) is 13.2. The lowest BCUT2D eigenvalue weighted by atomic mass is 10.1. The Morgan fingerprint density at radius 1 is 1.00 bits per heavy atom. The van der Waals surface area contributed by atoms with Crippen LogP contribution in [0.15, 0.2) is 4.99 Å². The van der Waals surface area contributed by atoms with Crippen molar-refractivity contribution in [3.8, 4) is 0 Å². The SMILES string of the molecule is CSCCC(NC(=O)C(CCCN=C(N)N)NC(=O)CNC(=O)C(N)CC(N)=O)C(=O)O. The predicted molar refractivity (Wildman–Crippen MR) is 119 cm³/mol. The molecule has 3 unspecified atom stereocenters. The minimum absolute atomic E-state index is 0.109. The third kappa shape index (κ3) is 13.3. The van der Waals surface area contributed by atoms with Gasteiger partial charge in [0.1, 0.15) is 12.1 Å². The first-order chi connectivity index (χ1) is 15.0. The van der Waals surface area contributed by atoms with Gasteiger partial charge >= 0.3 is 5.97 Å². The molecule has 0 aromatic carbocycles. The van der Waals surface area contributed by atoms with Crippen LogP contribution in [0.4, 0.5) is 0 Å². The molecule has 12 N–H and O–H groups in total. The number of carboxylic acids is 1. The van der Waals surface area contributed by atoms with E-state index in [1.54, 1.807) is 6.26 Å². The molecule has 0 bridgehead atoms. The summed E-state index contributed by atoms with van der Waals surface area (Å²) in [6.45, 7) is -0.326. The van der Waals surface area contributed by atoms with Gasteiger partial charge in [-0.15, -0.1) is 0 Å². The van der Waals surface area contributed by atoms with Crippen LogP contribution in [0.1, 0.15) is 25.7 Å². The number of primary amides is 1. The first-order valence-corrected chi connectivity index (χ1v) is 11.1. The summed E-state index contributed by atoms with van der Waals surface area (Å²) in [6, 6.07) is -3.44. The van der Waals surface area contributed by atoms with Crippen molar-refractivity contribution in [2.24, 2.45) is 27.9 Å². The molecule has 0 radical (unpaired) electrons. The van der Waals surface area contributed by atoms with Crippen molar-refractivity contribution in [2.75, 3.05) is 25.1 Å². The largest absolute Gasteiger partial charge is 0.480 e. The number of aliphatic imine (C=N–C) groups is 1. The lowest BCUT2D eigenvalue weighted by Crippen LogP contribution is -2.54. The maximum absolute atomic E-state index is 12.6. The molecule has 15 heteroatoms. The molecular weight excluding hydrogens is 444 g/mol. The van der Waals surface area contributed by atoms with Gasteiger partial charge in [-0.3, -0.25) is 24.2 Å². The highest BCUT2D eigenvalue weighted by Crippen LogP contribution is 2.04. The fourth-order valence-electron chi connectivity index (χ4n) is 2.39. The summed E-state index contributed by atoms with van der Waals surface area (Å²) in [5, 5.41) is 16.4. The van der Waals surface area contributed by atoms with Gasteiger partial charge in [0.2, 0.25) is 23.6 Å². The van der Waals surface area contributed by atoms with Gasteiger partial charge in [0, 0.05) is 6.54 Å². The maximum Gasteiger partial charge on any atom is 0.326 e. The van der Waals surface area contributed by atoms with E-state index < -0.39 is 60.7 Å². The number of hydrogen-bond donors (Lipinski definition) is 8. The number of carbonyl (C=O) groups excluding carboxylic acids is 4. The van der Waals surface area contributed by atoms with E-state index in [1.807, 2.05) is 0 Å². The third-order valence-corrected chi connectivity index (χ3v) is 4.65.